The van der Waals surface area contributed by atoms with Crippen LogP contribution in [0.3, 0.4) is 0 Å². The molecule has 1 saturated carbocycles. The average Bonchev–Trinajstić information content (AvgIpc) is 2.86. The van der Waals surface area contributed by atoms with Gasteiger partial charge >= 0.3 is 5.97 Å². The van der Waals surface area contributed by atoms with Gasteiger partial charge in [0, 0.05) is 17.2 Å². The number of aliphatic carboxylic acids is 1. The van der Waals surface area contributed by atoms with Crippen molar-refractivity contribution in [1.29, 1.82) is 0 Å². The number of carbonyl (C=O) groups excluding carboxylic acids is 2. The normalized spacial score (nSPS) is 16.9. The molecule has 1 aliphatic rings. The van der Waals surface area contributed by atoms with Crippen LogP contribution in [-0.2, 0) is 14.4 Å². The number of nitrogens with two attached hydrogens (primary N) is 1. The fourth-order valence-electron chi connectivity index (χ4n) is 2.29. The van der Waals surface area contributed by atoms with E-state index in [1.807, 2.05) is 0 Å². The van der Waals surface area contributed by atoms with Crippen LogP contribution in [0, 0.1) is 0 Å². The van der Waals surface area contributed by atoms with E-state index < -0.39 is 17.8 Å². The molecule has 0 radical (unpaired) electrons. The van der Waals surface area contributed by atoms with Gasteiger partial charge in [-0.25, -0.2) is 4.79 Å². The van der Waals surface area contributed by atoms with Gasteiger partial charge in [0.05, 0.1) is 6.54 Å². The maximum absolute atomic E-state index is 12.3. The topological polar surface area (TPSA) is 101 Å². The SMILES string of the molecule is C/C(C(=O)O)=C(\C)C(=O)N(CC(N)=O)C1CCCC1. The van der Waals surface area contributed by atoms with Crippen molar-refractivity contribution >= 4 is 17.8 Å². The summed E-state index contributed by atoms with van der Waals surface area (Å²) in [6.07, 6.45) is 3.68. The van der Waals surface area contributed by atoms with Gasteiger partial charge < -0.3 is 15.7 Å². The van der Waals surface area contributed by atoms with Crippen molar-refractivity contribution < 1.29 is 19.5 Å². The van der Waals surface area contributed by atoms with E-state index in [2.05, 4.69) is 0 Å². The second-order valence-corrected chi connectivity index (χ2v) is 4.89. The highest BCUT2D eigenvalue weighted by molar-refractivity contribution is 6.02. The third kappa shape index (κ3) is 3.81. The van der Waals surface area contributed by atoms with E-state index in [1.54, 1.807) is 0 Å². The van der Waals surface area contributed by atoms with Crippen LogP contribution in [0.2, 0.25) is 0 Å². The Balaban J connectivity index is 2.97. The number of carboxylic acids is 1. The Kier molecular flexibility index (Phi) is 5.09. The summed E-state index contributed by atoms with van der Waals surface area (Å²) < 4.78 is 0. The van der Waals surface area contributed by atoms with Gasteiger partial charge in [-0.1, -0.05) is 12.8 Å². The van der Waals surface area contributed by atoms with Crippen molar-refractivity contribution in [2.45, 2.75) is 45.6 Å². The minimum Gasteiger partial charge on any atom is -0.478 e. The highest BCUT2D eigenvalue weighted by Crippen LogP contribution is 2.25. The number of hydrogen-bond donors (Lipinski definition) is 2. The maximum atomic E-state index is 12.3. The lowest BCUT2D eigenvalue weighted by Gasteiger charge is -2.28. The summed E-state index contributed by atoms with van der Waals surface area (Å²) in [6.45, 7) is 2.69. The fourth-order valence-corrected chi connectivity index (χ4v) is 2.29. The minimum atomic E-state index is -1.13. The van der Waals surface area contributed by atoms with E-state index in [0.717, 1.165) is 25.7 Å². The van der Waals surface area contributed by atoms with E-state index in [4.69, 9.17) is 10.8 Å². The van der Waals surface area contributed by atoms with Gasteiger partial charge in [-0.05, 0) is 26.7 Å². The van der Waals surface area contributed by atoms with Crippen molar-refractivity contribution in [1.82, 2.24) is 4.90 Å². The average molecular weight is 268 g/mol. The van der Waals surface area contributed by atoms with Gasteiger partial charge in [0.1, 0.15) is 0 Å². The molecular weight excluding hydrogens is 248 g/mol. The molecule has 2 amide bonds. The third-order valence-corrected chi connectivity index (χ3v) is 3.56. The molecule has 3 N–H and O–H groups in total. The molecule has 0 bridgehead atoms. The molecule has 1 fully saturated rings. The first-order valence-corrected chi connectivity index (χ1v) is 6.34. The number of amides is 2. The molecule has 1 rings (SSSR count). The molecule has 0 unspecified atom stereocenters. The molecule has 0 saturated heterocycles. The van der Waals surface area contributed by atoms with Crippen LogP contribution in [-0.4, -0.2) is 40.4 Å². The van der Waals surface area contributed by atoms with Gasteiger partial charge in [0.25, 0.3) is 5.91 Å². The Hall–Kier alpha value is -1.85. The van der Waals surface area contributed by atoms with Gasteiger partial charge in [0.15, 0.2) is 0 Å². The first-order chi connectivity index (χ1) is 8.84. The minimum absolute atomic E-state index is 0.00235. The number of nitrogens with zero attached hydrogens (tertiary/aromatic N) is 1. The van der Waals surface area contributed by atoms with Gasteiger partial charge in [-0.2, -0.15) is 0 Å². The second-order valence-electron chi connectivity index (χ2n) is 4.89. The molecule has 106 valence electrons. The van der Waals surface area contributed by atoms with E-state index in [-0.39, 0.29) is 23.7 Å². The number of carbonyl (C=O) groups is 3. The predicted molar refractivity (Wildman–Crippen MR) is 69.2 cm³/mol. The smallest absolute Gasteiger partial charge is 0.331 e. The van der Waals surface area contributed by atoms with E-state index in [9.17, 15) is 14.4 Å². The molecule has 0 heterocycles. The molecule has 19 heavy (non-hydrogen) atoms. The second kappa shape index (κ2) is 6.36. The highest BCUT2D eigenvalue weighted by atomic mass is 16.4. The summed E-state index contributed by atoms with van der Waals surface area (Å²) in [5.74, 6) is -2.12. The van der Waals surface area contributed by atoms with Gasteiger partial charge in [-0.3, -0.25) is 9.59 Å². The standard InChI is InChI=1S/C13H20N2O4/c1-8(9(2)13(18)19)12(17)15(7-11(14)16)10-5-3-4-6-10/h10H,3-7H2,1-2H3,(H2,14,16)(H,18,19)/b9-8-. The Morgan fingerprint density at radius 1 is 1.16 bits per heavy atom. The summed E-state index contributed by atoms with van der Waals surface area (Å²) in [4.78, 5) is 35.7. The number of carboxylic acid groups (broad SMARTS) is 1. The van der Waals surface area contributed by atoms with E-state index >= 15 is 0 Å². The maximum Gasteiger partial charge on any atom is 0.331 e. The molecule has 0 spiro atoms. The Morgan fingerprint density at radius 2 is 1.68 bits per heavy atom. The van der Waals surface area contributed by atoms with Crippen molar-refractivity contribution in [3.8, 4) is 0 Å². The summed E-state index contributed by atoms with van der Waals surface area (Å²) in [5, 5.41) is 8.91. The monoisotopic (exact) mass is 268 g/mol. The molecule has 0 aliphatic heterocycles. The zero-order valence-corrected chi connectivity index (χ0v) is 11.3. The van der Waals surface area contributed by atoms with Crippen molar-refractivity contribution in [3.63, 3.8) is 0 Å². The van der Waals surface area contributed by atoms with E-state index in [0.29, 0.717) is 0 Å². The molecule has 6 heteroatoms. The summed E-state index contributed by atoms with van der Waals surface area (Å²) >= 11 is 0. The van der Waals surface area contributed by atoms with Crippen LogP contribution in [0.15, 0.2) is 11.1 Å². The van der Waals surface area contributed by atoms with Gasteiger partial charge in [-0.15, -0.1) is 0 Å². The van der Waals surface area contributed by atoms with Crippen molar-refractivity contribution in [2.75, 3.05) is 6.54 Å². The first kappa shape index (κ1) is 15.2. The molecule has 0 aromatic rings. The third-order valence-electron chi connectivity index (χ3n) is 3.56. The fraction of sp³-hybridized carbons (Fsp3) is 0.615. The first-order valence-electron chi connectivity index (χ1n) is 6.34. The Morgan fingerprint density at radius 3 is 2.11 bits per heavy atom. The zero-order valence-electron chi connectivity index (χ0n) is 11.3. The van der Waals surface area contributed by atoms with Gasteiger partial charge in [0.2, 0.25) is 5.91 Å². The molecule has 6 nitrogen and oxygen atoms in total. The van der Waals surface area contributed by atoms with Crippen molar-refractivity contribution in [2.24, 2.45) is 5.73 Å². The molecular formula is C13H20N2O4. The number of hydrogen-bond acceptors (Lipinski definition) is 3. The zero-order chi connectivity index (χ0) is 14.6. The highest BCUT2D eigenvalue weighted by Gasteiger charge is 2.29. The van der Waals surface area contributed by atoms with Crippen molar-refractivity contribution in [3.05, 3.63) is 11.1 Å². The molecule has 0 aromatic heterocycles. The van der Waals surface area contributed by atoms with Crippen LogP contribution in [0.4, 0.5) is 0 Å². The number of rotatable bonds is 5. The predicted octanol–water partition coefficient (Wildman–Crippen LogP) is 0.664. The van der Waals surface area contributed by atoms with Crippen LogP contribution in [0.25, 0.3) is 0 Å². The van der Waals surface area contributed by atoms with Crippen LogP contribution in [0.1, 0.15) is 39.5 Å². The molecule has 0 aromatic carbocycles. The lowest BCUT2D eigenvalue weighted by molar-refractivity contribution is -0.135. The van der Waals surface area contributed by atoms with Crippen LogP contribution in [0.5, 0.6) is 0 Å². The summed E-state index contributed by atoms with van der Waals surface area (Å²) in [7, 11) is 0. The summed E-state index contributed by atoms with van der Waals surface area (Å²) in [5.41, 5.74) is 5.32. The molecule has 1 aliphatic carbocycles. The number of primary amides is 1. The quantitative estimate of drug-likeness (QED) is 0.715. The molecule has 0 atom stereocenters. The van der Waals surface area contributed by atoms with Crippen LogP contribution >= 0.6 is 0 Å². The lowest BCUT2D eigenvalue weighted by Crippen LogP contribution is -2.44. The summed E-state index contributed by atoms with van der Waals surface area (Å²) in [6, 6.07) is -0.0171. The van der Waals surface area contributed by atoms with E-state index in [1.165, 1.54) is 18.7 Å². The Bertz CT molecular complexity index is 422. The Labute approximate surface area is 112 Å². The largest absolute Gasteiger partial charge is 0.478 e. The van der Waals surface area contributed by atoms with Crippen LogP contribution < -0.4 is 5.73 Å². The lowest BCUT2D eigenvalue weighted by atomic mass is 10.1.